The lowest BCUT2D eigenvalue weighted by molar-refractivity contribution is -0.137. The highest BCUT2D eigenvalue weighted by molar-refractivity contribution is 7.92. The van der Waals surface area contributed by atoms with Crippen LogP contribution in [0, 0.1) is 5.82 Å². The molecule has 5 nitrogen and oxygen atoms in total. The number of hydrogen-bond acceptors (Lipinski definition) is 4. The zero-order chi connectivity index (χ0) is 19.5. The number of methoxy groups -OCH3 is 1. The van der Waals surface area contributed by atoms with Crippen LogP contribution in [0.2, 0.25) is 0 Å². The van der Waals surface area contributed by atoms with Gasteiger partial charge in [-0.3, -0.25) is 4.72 Å². The van der Waals surface area contributed by atoms with E-state index in [0.29, 0.717) is 12.1 Å². The van der Waals surface area contributed by atoms with Crippen LogP contribution in [0.4, 0.5) is 23.2 Å². The molecule has 0 spiro atoms. The van der Waals surface area contributed by atoms with Crippen LogP contribution in [0.3, 0.4) is 0 Å². The summed E-state index contributed by atoms with van der Waals surface area (Å²) < 4.78 is 89.1. The molecule has 0 aromatic heterocycles. The highest BCUT2D eigenvalue weighted by atomic mass is 32.2. The van der Waals surface area contributed by atoms with E-state index >= 15 is 0 Å². The van der Waals surface area contributed by atoms with Gasteiger partial charge in [0.1, 0.15) is 5.75 Å². The Balaban J connectivity index is 2.46. The fraction of sp³-hybridized carbons (Fsp3) is 0.250. The number of anilines is 1. The van der Waals surface area contributed by atoms with Crippen LogP contribution in [-0.2, 0) is 16.2 Å². The summed E-state index contributed by atoms with van der Waals surface area (Å²) in [6.07, 6.45) is -4.67. The molecule has 0 heterocycles. The molecule has 0 saturated heterocycles. The molecular formula is C16H15F4NO4S. The second-order valence-electron chi connectivity index (χ2n) is 5.04. The summed E-state index contributed by atoms with van der Waals surface area (Å²) in [5.41, 5.74) is -1.46. The zero-order valence-corrected chi connectivity index (χ0v) is 14.5. The number of halogens is 4. The predicted molar refractivity (Wildman–Crippen MR) is 86.4 cm³/mol. The van der Waals surface area contributed by atoms with Crippen molar-refractivity contribution in [2.75, 3.05) is 18.4 Å². The topological polar surface area (TPSA) is 64.6 Å². The molecule has 0 radical (unpaired) electrons. The molecule has 0 aliphatic rings. The SMILES string of the molecule is CCOc1ccc(C(F)(F)F)cc1NS(=O)(=O)c1ccc(OC)c(F)c1. The molecular weight excluding hydrogens is 378 g/mol. The van der Waals surface area contributed by atoms with Crippen LogP contribution in [0.15, 0.2) is 41.3 Å². The number of benzene rings is 2. The molecule has 0 fully saturated rings. The number of hydrogen-bond donors (Lipinski definition) is 1. The Labute approximate surface area is 147 Å². The Hall–Kier alpha value is -2.49. The fourth-order valence-corrected chi connectivity index (χ4v) is 3.16. The summed E-state index contributed by atoms with van der Waals surface area (Å²) in [4.78, 5) is -0.476. The largest absolute Gasteiger partial charge is 0.494 e. The van der Waals surface area contributed by atoms with Gasteiger partial charge >= 0.3 is 6.18 Å². The Kier molecular flexibility index (Phi) is 5.65. The van der Waals surface area contributed by atoms with Crippen LogP contribution in [0.5, 0.6) is 11.5 Å². The van der Waals surface area contributed by atoms with E-state index in [1.165, 1.54) is 7.11 Å². The first kappa shape index (κ1) is 19.8. The van der Waals surface area contributed by atoms with Gasteiger partial charge in [0.25, 0.3) is 10.0 Å². The summed E-state index contributed by atoms with van der Waals surface area (Å²) in [5.74, 6) is -1.18. The van der Waals surface area contributed by atoms with Gasteiger partial charge < -0.3 is 9.47 Å². The molecule has 2 aromatic rings. The van der Waals surface area contributed by atoms with Gasteiger partial charge in [-0.05, 0) is 43.3 Å². The molecule has 0 saturated carbocycles. The predicted octanol–water partition coefficient (Wildman–Crippen LogP) is 4.05. The third kappa shape index (κ3) is 4.37. The highest BCUT2D eigenvalue weighted by Crippen LogP contribution is 2.36. The van der Waals surface area contributed by atoms with Crippen molar-refractivity contribution in [3.63, 3.8) is 0 Å². The first-order valence-corrected chi connectivity index (χ1v) is 8.77. The molecule has 10 heteroatoms. The minimum absolute atomic E-state index is 0.0851. The molecule has 2 aromatic carbocycles. The average molecular weight is 393 g/mol. The van der Waals surface area contributed by atoms with E-state index in [1.54, 1.807) is 6.92 Å². The summed E-state index contributed by atoms with van der Waals surface area (Å²) in [5, 5.41) is 0. The van der Waals surface area contributed by atoms with E-state index in [2.05, 4.69) is 0 Å². The summed E-state index contributed by atoms with van der Waals surface area (Å²) in [6.45, 7) is 1.70. The third-order valence-electron chi connectivity index (χ3n) is 3.28. The molecule has 1 N–H and O–H groups in total. The Morgan fingerprint density at radius 2 is 1.73 bits per heavy atom. The molecule has 0 aliphatic heterocycles. The second-order valence-corrected chi connectivity index (χ2v) is 6.73. The highest BCUT2D eigenvalue weighted by Gasteiger charge is 2.32. The quantitative estimate of drug-likeness (QED) is 0.752. The van der Waals surface area contributed by atoms with Gasteiger partial charge in [-0.15, -0.1) is 0 Å². The van der Waals surface area contributed by atoms with Crippen molar-refractivity contribution >= 4 is 15.7 Å². The van der Waals surface area contributed by atoms with Crippen molar-refractivity contribution in [3.05, 3.63) is 47.8 Å². The minimum atomic E-state index is -4.67. The van der Waals surface area contributed by atoms with Crippen LogP contribution in [0.1, 0.15) is 12.5 Å². The fourth-order valence-electron chi connectivity index (χ4n) is 2.09. The van der Waals surface area contributed by atoms with Gasteiger partial charge in [0.05, 0.1) is 29.9 Å². The average Bonchev–Trinajstić information content (AvgIpc) is 2.55. The number of nitrogens with one attached hydrogen (secondary N) is 1. The van der Waals surface area contributed by atoms with Gasteiger partial charge in [-0.2, -0.15) is 13.2 Å². The maximum Gasteiger partial charge on any atom is 0.416 e. The van der Waals surface area contributed by atoms with Gasteiger partial charge in [0, 0.05) is 0 Å². The van der Waals surface area contributed by atoms with Crippen LogP contribution < -0.4 is 14.2 Å². The summed E-state index contributed by atoms with van der Waals surface area (Å²) in [6, 6.07) is 5.27. The van der Waals surface area contributed by atoms with Crippen molar-refractivity contribution in [3.8, 4) is 11.5 Å². The maximum absolute atomic E-state index is 13.7. The van der Waals surface area contributed by atoms with E-state index in [4.69, 9.17) is 9.47 Å². The first-order valence-electron chi connectivity index (χ1n) is 7.29. The van der Waals surface area contributed by atoms with Gasteiger partial charge in [0.2, 0.25) is 0 Å². The monoisotopic (exact) mass is 393 g/mol. The minimum Gasteiger partial charge on any atom is -0.494 e. The standard InChI is InChI=1S/C16H15F4NO4S/c1-3-25-15-6-4-10(16(18,19)20)8-13(15)21-26(22,23)11-5-7-14(24-2)12(17)9-11/h4-9,21H,3H2,1-2H3. The van der Waals surface area contributed by atoms with Crippen LogP contribution >= 0.6 is 0 Å². The van der Waals surface area contributed by atoms with E-state index in [1.807, 2.05) is 4.72 Å². The molecule has 0 atom stereocenters. The van der Waals surface area contributed by atoms with Crippen LogP contribution in [0.25, 0.3) is 0 Å². The normalized spacial score (nSPS) is 11.9. The lowest BCUT2D eigenvalue weighted by Gasteiger charge is -2.16. The van der Waals surface area contributed by atoms with E-state index in [-0.39, 0.29) is 18.1 Å². The van der Waals surface area contributed by atoms with Crippen molar-refractivity contribution in [1.29, 1.82) is 0 Å². The van der Waals surface area contributed by atoms with Crippen molar-refractivity contribution in [2.45, 2.75) is 18.0 Å². The molecule has 0 aliphatic carbocycles. The maximum atomic E-state index is 13.7. The van der Waals surface area contributed by atoms with Gasteiger partial charge in [-0.1, -0.05) is 0 Å². The Bertz CT molecular complexity index is 898. The number of sulfonamides is 1. The summed E-state index contributed by atoms with van der Waals surface area (Å²) >= 11 is 0. The zero-order valence-electron chi connectivity index (χ0n) is 13.7. The smallest absolute Gasteiger partial charge is 0.416 e. The van der Waals surface area contributed by atoms with Crippen LogP contribution in [-0.4, -0.2) is 22.1 Å². The molecule has 0 bridgehead atoms. The molecule has 0 amide bonds. The summed E-state index contributed by atoms with van der Waals surface area (Å²) in [7, 11) is -3.15. The Morgan fingerprint density at radius 3 is 2.27 bits per heavy atom. The van der Waals surface area contributed by atoms with Gasteiger partial charge in [-0.25, -0.2) is 12.8 Å². The third-order valence-corrected chi connectivity index (χ3v) is 4.65. The second kappa shape index (κ2) is 7.40. The van der Waals surface area contributed by atoms with Crippen molar-refractivity contribution < 1.29 is 35.5 Å². The Morgan fingerprint density at radius 1 is 1.08 bits per heavy atom. The van der Waals surface area contributed by atoms with E-state index < -0.39 is 38.2 Å². The van der Waals surface area contributed by atoms with Crippen molar-refractivity contribution in [1.82, 2.24) is 0 Å². The number of alkyl halides is 3. The molecule has 2 rings (SSSR count). The van der Waals surface area contributed by atoms with Gasteiger partial charge in [0.15, 0.2) is 11.6 Å². The first-order chi connectivity index (χ1) is 12.1. The van der Waals surface area contributed by atoms with Crippen molar-refractivity contribution in [2.24, 2.45) is 0 Å². The molecule has 0 unspecified atom stereocenters. The lowest BCUT2D eigenvalue weighted by atomic mass is 10.2. The van der Waals surface area contributed by atoms with E-state index in [9.17, 15) is 26.0 Å². The number of rotatable bonds is 6. The van der Waals surface area contributed by atoms with E-state index in [0.717, 1.165) is 24.3 Å². The lowest BCUT2D eigenvalue weighted by Crippen LogP contribution is -2.15. The molecule has 26 heavy (non-hydrogen) atoms. The molecule has 142 valence electrons. The number of ether oxygens (including phenoxy) is 2.